The molecule has 2 atom stereocenters. The van der Waals surface area contributed by atoms with Crippen LogP contribution in [0.25, 0.3) is 0 Å². The second kappa shape index (κ2) is 16.9. The number of hydrogen-bond acceptors (Lipinski definition) is 9. The Labute approximate surface area is 204 Å². The molecule has 2 N–H and O–H groups in total. The van der Waals surface area contributed by atoms with E-state index in [0.717, 1.165) is 11.5 Å². The molecule has 2 unspecified atom stereocenters. The summed E-state index contributed by atoms with van der Waals surface area (Å²) in [4.78, 5) is 0. The van der Waals surface area contributed by atoms with Crippen LogP contribution in [-0.2, 0) is 9.47 Å². The van der Waals surface area contributed by atoms with Crippen molar-refractivity contribution in [1.82, 2.24) is 0 Å². The van der Waals surface area contributed by atoms with E-state index in [4.69, 9.17) is 23.7 Å². The van der Waals surface area contributed by atoms with Crippen LogP contribution >= 0.6 is 23.5 Å². The summed E-state index contributed by atoms with van der Waals surface area (Å²) in [5.41, 5.74) is 0. The second-order valence-electron chi connectivity index (χ2n) is 7.11. The zero-order chi connectivity index (χ0) is 23.7. The molecule has 0 aliphatic heterocycles. The zero-order valence-corrected chi connectivity index (χ0v) is 20.8. The molecular formula is C24H34O7S2. The van der Waals surface area contributed by atoms with E-state index in [1.54, 1.807) is 72.1 Å². The Hall–Kier alpha value is -1.62. The van der Waals surface area contributed by atoms with Crippen LogP contribution in [0.1, 0.15) is 0 Å². The third-order valence-corrected chi connectivity index (χ3v) is 5.40. The quantitative estimate of drug-likeness (QED) is 0.299. The first-order valence-corrected chi connectivity index (χ1v) is 13.5. The number of ether oxygens (including phenoxy) is 5. The van der Waals surface area contributed by atoms with Crippen molar-refractivity contribution in [1.29, 1.82) is 0 Å². The SMILES string of the molecule is CSCCOCC(O)COc1ccc(Oc2ccc(OCC(O)COCCSC)cc2)cc1. The van der Waals surface area contributed by atoms with Crippen LogP contribution < -0.4 is 14.2 Å². The minimum atomic E-state index is -0.669. The lowest BCUT2D eigenvalue weighted by molar-refractivity contribution is 0.0173. The van der Waals surface area contributed by atoms with Crippen LogP contribution in [0, 0.1) is 0 Å². The second-order valence-corrected chi connectivity index (χ2v) is 9.08. The summed E-state index contributed by atoms with van der Waals surface area (Å²) in [7, 11) is 0. The molecule has 2 aromatic carbocycles. The molecule has 2 aromatic rings. The minimum absolute atomic E-state index is 0.166. The van der Waals surface area contributed by atoms with E-state index in [1.165, 1.54) is 0 Å². The maximum atomic E-state index is 9.90. The molecule has 0 fully saturated rings. The highest BCUT2D eigenvalue weighted by molar-refractivity contribution is 7.98. The Kier molecular flexibility index (Phi) is 14.2. The number of benzene rings is 2. The van der Waals surface area contributed by atoms with E-state index in [-0.39, 0.29) is 26.4 Å². The third kappa shape index (κ3) is 12.4. The molecule has 0 aromatic heterocycles. The molecule has 0 bridgehead atoms. The van der Waals surface area contributed by atoms with Crippen molar-refractivity contribution in [3.05, 3.63) is 48.5 Å². The molecule has 7 nitrogen and oxygen atoms in total. The lowest BCUT2D eigenvalue weighted by Crippen LogP contribution is -2.24. The number of aliphatic hydroxyl groups is 2. The smallest absolute Gasteiger partial charge is 0.127 e. The van der Waals surface area contributed by atoms with Crippen molar-refractivity contribution in [3.8, 4) is 23.0 Å². The first kappa shape index (κ1) is 27.6. The molecule has 0 heterocycles. The molecule has 0 radical (unpaired) electrons. The van der Waals surface area contributed by atoms with Gasteiger partial charge in [-0.25, -0.2) is 0 Å². The van der Waals surface area contributed by atoms with Crippen molar-refractivity contribution < 1.29 is 33.9 Å². The molecule has 0 aliphatic carbocycles. The molecule has 0 spiro atoms. The fourth-order valence-corrected chi connectivity index (χ4v) is 3.12. The van der Waals surface area contributed by atoms with Crippen molar-refractivity contribution in [3.63, 3.8) is 0 Å². The van der Waals surface area contributed by atoms with Gasteiger partial charge in [-0.1, -0.05) is 0 Å². The van der Waals surface area contributed by atoms with Gasteiger partial charge in [0.05, 0.1) is 26.4 Å². The Morgan fingerprint density at radius 3 is 1.33 bits per heavy atom. The summed E-state index contributed by atoms with van der Waals surface area (Å²) >= 11 is 3.41. The standard InChI is InChI=1S/C24H34O7S2/c1-32-13-11-27-15-19(25)17-29-21-3-7-23(8-4-21)31-24-9-5-22(6-10-24)30-18-20(26)16-28-12-14-33-2/h3-10,19-20,25-26H,11-18H2,1-2H3. The van der Waals surface area contributed by atoms with E-state index >= 15 is 0 Å². The van der Waals surface area contributed by atoms with Crippen LogP contribution in [0.5, 0.6) is 23.0 Å². The predicted octanol–water partition coefficient (Wildman–Crippen LogP) is 3.72. The summed E-state index contributed by atoms with van der Waals surface area (Å²) in [6.45, 7) is 2.08. The van der Waals surface area contributed by atoms with Gasteiger partial charge in [0.25, 0.3) is 0 Å². The normalized spacial score (nSPS) is 12.8. The van der Waals surface area contributed by atoms with E-state index in [1.807, 2.05) is 12.5 Å². The maximum absolute atomic E-state index is 9.90. The van der Waals surface area contributed by atoms with Gasteiger partial charge in [-0.3, -0.25) is 0 Å². The summed E-state index contributed by atoms with van der Waals surface area (Å²) in [5, 5.41) is 19.8. The van der Waals surface area contributed by atoms with Gasteiger partial charge in [0.1, 0.15) is 48.4 Å². The van der Waals surface area contributed by atoms with Crippen molar-refractivity contribution >= 4 is 23.5 Å². The van der Waals surface area contributed by atoms with Gasteiger partial charge in [0.15, 0.2) is 0 Å². The molecule has 2 rings (SSSR count). The third-order valence-electron chi connectivity index (χ3n) is 4.25. The fourth-order valence-electron chi connectivity index (χ4n) is 2.55. The summed E-state index contributed by atoms with van der Waals surface area (Å²) in [5.74, 6) is 4.42. The largest absolute Gasteiger partial charge is 0.491 e. The van der Waals surface area contributed by atoms with Crippen molar-refractivity contribution in [2.45, 2.75) is 12.2 Å². The Morgan fingerprint density at radius 1 is 0.606 bits per heavy atom. The number of aliphatic hydroxyl groups excluding tert-OH is 2. The average molecular weight is 499 g/mol. The van der Waals surface area contributed by atoms with Crippen LogP contribution in [0.3, 0.4) is 0 Å². The highest BCUT2D eigenvalue weighted by Gasteiger charge is 2.07. The van der Waals surface area contributed by atoms with Gasteiger partial charge in [0.2, 0.25) is 0 Å². The average Bonchev–Trinajstić information content (AvgIpc) is 2.84. The number of rotatable bonds is 18. The molecule has 184 valence electrons. The van der Waals surface area contributed by atoms with Gasteiger partial charge < -0.3 is 33.9 Å². The maximum Gasteiger partial charge on any atom is 0.127 e. The van der Waals surface area contributed by atoms with E-state index in [0.29, 0.717) is 36.2 Å². The number of thioether (sulfide) groups is 2. The van der Waals surface area contributed by atoms with Gasteiger partial charge in [0, 0.05) is 11.5 Å². The van der Waals surface area contributed by atoms with Gasteiger partial charge in [-0.15, -0.1) is 0 Å². The Balaban J connectivity index is 1.68. The predicted molar refractivity (Wildman–Crippen MR) is 134 cm³/mol. The van der Waals surface area contributed by atoms with Crippen LogP contribution in [0.4, 0.5) is 0 Å². The van der Waals surface area contributed by atoms with Crippen molar-refractivity contribution in [2.75, 3.05) is 63.7 Å². The first-order chi connectivity index (χ1) is 16.1. The lowest BCUT2D eigenvalue weighted by Gasteiger charge is -2.14. The molecule has 0 saturated heterocycles. The van der Waals surface area contributed by atoms with Gasteiger partial charge in [-0.05, 0) is 61.0 Å². The van der Waals surface area contributed by atoms with E-state index < -0.39 is 12.2 Å². The summed E-state index contributed by atoms with van der Waals surface area (Å²) in [6.07, 6.45) is 2.69. The van der Waals surface area contributed by atoms with Gasteiger partial charge in [-0.2, -0.15) is 23.5 Å². The molecule has 0 amide bonds. The van der Waals surface area contributed by atoms with E-state index in [9.17, 15) is 10.2 Å². The van der Waals surface area contributed by atoms with E-state index in [2.05, 4.69) is 0 Å². The lowest BCUT2D eigenvalue weighted by atomic mass is 10.3. The molecular weight excluding hydrogens is 464 g/mol. The minimum Gasteiger partial charge on any atom is -0.491 e. The molecule has 9 heteroatoms. The highest BCUT2D eigenvalue weighted by atomic mass is 32.2. The molecule has 0 saturated carbocycles. The molecule has 0 aliphatic rings. The summed E-state index contributed by atoms with van der Waals surface area (Å²) in [6, 6.07) is 14.4. The molecule has 33 heavy (non-hydrogen) atoms. The Bertz CT molecular complexity index is 680. The van der Waals surface area contributed by atoms with Crippen molar-refractivity contribution in [2.24, 2.45) is 0 Å². The van der Waals surface area contributed by atoms with Crippen LogP contribution in [0.15, 0.2) is 48.5 Å². The summed E-state index contributed by atoms with van der Waals surface area (Å²) < 4.78 is 27.8. The zero-order valence-electron chi connectivity index (χ0n) is 19.2. The Morgan fingerprint density at radius 2 is 0.970 bits per heavy atom. The first-order valence-electron chi connectivity index (χ1n) is 10.7. The monoisotopic (exact) mass is 498 g/mol. The van der Waals surface area contributed by atoms with Gasteiger partial charge >= 0.3 is 0 Å². The topological polar surface area (TPSA) is 86.6 Å². The fraction of sp³-hybridized carbons (Fsp3) is 0.500. The number of hydrogen-bond donors (Lipinski definition) is 2. The van der Waals surface area contributed by atoms with Crippen LogP contribution in [-0.4, -0.2) is 86.1 Å². The van der Waals surface area contributed by atoms with Crippen LogP contribution in [0.2, 0.25) is 0 Å². The highest BCUT2D eigenvalue weighted by Crippen LogP contribution is 2.25.